The number of amidine groups is 1. The van der Waals surface area contributed by atoms with Gasteiger partial charge in [-0.2, -0.15) is 0 Å². The smallest absolute Gasteiger partial charge is 0.267 e. The zero-order valence-corrected chi connectivity index (χ0v) is 20.3. The minimum atomic E-state index is -0.405. The average Bonchev–Trinajstić information content (AvgIpc) is 3.09. The number of aromatic nitrogens is 2. The summed E-state index contributed by atoms with van der Waals surface area (Å²) in [6.07, 6.45) is 8.09. The molecule has 33 heavy (non-hydrogen) atoms. The molecule has 1 aliphatic rings. The third kappa shape index (κ3) is 6.74. The highest BCUT2D eigenvalue weighted by molar-refractivity contribution is 8.18. The number of rotatable bonds is 6. The van der Waals surface area contributed by atoms with Crippen LogP contribution in [-0.2, 0) is 22.7 Å². The second kappa shape index (κ2) is 11.7. The molecule has 1 N–H and O–H groups in total. The summed E-state index contributed by atoms with van der Waals surface area (Å²) in [6, 6.07) is 14.2. The summed E-state index contributed by atoms with van der Waals surface area (Å²) in [5, 5.41) is 3.83. The van der Waals surface area contributed by atoms with Gasteiger partial charge in [0.15, 0.2) is 5.17 Å². The quantitative estimate of drug-likeness (QED) is 0.474. The van der Waals surface area contributed by atoms with E-state index in [2.05, 4.69) is 20.3 Å². The van der Waals surface area contributed by atoms with Gasteiger partial charge in [0, 0.05) is 41.6 Å². The molecule has 1 aliphatic heterocycles. The molecule has 0 bridgehead atoms. The summed E-state index contributed by atoms with van der Waals surface area (Å²) < 4.78 is 0. The highest BCUT2D eigenvalue weighted by Crippen LogP contribution is 2.32. The van der Waals surface area contributed by atoms with Crippen molar-refractivity contribution in [3.63, 3.8) is 0 Å². The van der Waals surface area contributed by atoms with Crippen molar-refractivity contribution in [3.05, 3.63) is 100 Å². The Morgan fingerprint density at radius 2 is 1.73 bits per heavy atom. The first-order valence-corrected chi connectivity index (χ1v) is 10.9. The van der Waals surface area contributed by atoms with Gasteiger partial charge in [0.05, 0.1) is 18.0 Å². The van der Waals surface area contributed by atoms with Crippen molar-refractivity contribution in [1.29, 1.82) is 0 Å². The first-order chi connectivity index (χ1) is 15.6. The molecule has 1 aromatic carbocycles. The lowest BCUT2D eigenvalue weighted by Crippen LogP contribution is -3.00. The number of anilines is 1. The predicted molar refractivity (Wildman–Crippen MR) is 126 cm³/mol. The van der Waals surface area contributed by atoms with Gasteiger partial charge in [-0.05, 0) is 59.3 Å². The van der Waals surface area contributed by atoms with E-state index < -0.39 is 5.91 Å². The molecule has 0 unspecified atom stereocenters. The first kappa shape index (κ1) is 24.6. The molecule has 1 saturated heterocycles. The van der Waals surface area contributed by atoms with Crippen LogP contribution in [0.5, 0.6) is 0 Å². The van der Waals surface area contributed by atoms with Crippen molar-refractivity contribution >= 4 is 46.0 Å². The molecule has 2 amide bonds. The van der Waals surface area contributed by atoms with E-state index in [1.807, 2.05) is 24.3 Å². The molecule has 0 aliphatic carbocycles. The summed E-state index contributed by atoms with van der Waals surface area (Å²) in [7, 11) is 0. The van der Waals surface area contributed by atoms with Crippen LogP contribution in [0.25, 0.3) is 0 Å². The van der Waals surface area contributed by atoms with Gasteiger partial charge < -0.3 is 22.3 Å². The van der Waals surface area contributed by atoms with E-state index >= 15 is 0 Å². The molecule has 0 radical (unpaired) electrons. The van der Waals surface area contributed by atoms with E-state index in [0.29, 0.717) is 33.9 Å². The molecule has 7 nitrogen and oxygen atoms in total. The highest BCUT2D eigenvalue weighted by atomic mass is 79.9. The van der Waals surface area contributed by atoms with Crippen LogP contribution in [0.15, 0.2) is 89.3 Å². The molecule has 0 spiro atoms. The SMILES string of the molecule is O=C(/C=C1/SC(=NCc2cccnc2)N(Cc2cccnc2)C1=O)Nc1ccc(Cl)cc1.[Br-]. The summed E-state index contributed by atoms with van der Waals surface area (Å²) in [6.45, 7) is 0.679. The van der Waals surface area contributed by atoms with Crippen molar-refractivity contribution in [3.8, 4) is 0 Å². The second-order valence-electron chi connectivity index (χ2n) is 6.82. The van der Waals surface area contributed by atoms with Gasteiger partial charge in [-0.25, -0.2) is 0 Å². The number of thioether (sulfide) groups is 1. The van der Waals surface area contributed by atoms with Crippen molar-refractivity contribution in [2.75, 3.05) is 5.32 Å². The molecular formula is C23H18BrClN5O2S-. The maximum Gasteiger partial charge on any atom is 0.267 e. The van der Waals surface area contributed by atoms with Crippen LogP contribution in [0.2, 0.25) is 5.02 Å². The Morgan fingerprint density at radius 3 is 2.36 bits per heavy atom. The number of hydrogen-bond donors (Lipinski definition) is 1. The Morgan fingerprint density at radius 1 is 1.06 bits per heavy atom. The van der Waals surface area contributed by atoms with E-state index in [-0.39, 0.29) is 22.9 Å². The monoisotopic (exact) mass is 542 g/mol. The number of pyridine rings is 2. The fraction of sp³-hybridized carbons (Fsp3) is 0.0870. The summed E-state index contributed by atoms with van der Waals surface area (Å²) in [5.74, 6) is -0.687. The number of carbonyl (C=O) groups excluding carboxylic acids is 2. The zero-order chi connectivity index (χ0) is 22.3. The number of nitrogens with one attached hydrogen (secondary N) is 1. The van der Waals surface area contributed by atoms with Crippen LogP contribution in [0.4, 0.5) is 5.69 Å². The third-order valence-electron chi connectivity index (χ3n) is 4.45. The number of hydrogen-bond acceptors (Lipinski definition) is 6. The van der Waals surface area contributed by atoms with E-state index in [0.717, 1.165) is 11.1 Å². The van der Waals surface area contributed by atoms with Gasteiger partial charge >= 0.3 is 0 Å². The van der Waals surface area contributed by atoms with E-state index in [9.17, 15) is 9.59 Å². The molecule has 0 saturated carbocycles. The van der Waals surface area contributed by atoms with Gasteiger partial charge in [-0.15, -0.1) is 0 Å². The lowest BCUT2D eigenvalue weighted by molar-refractivity contribution is -0.123. The van der Waals surface area contributed by atoms with Crippen LogP contribution in [0.1, 0.15) is 11.1 Å². The number of amides is 2. The molecule has 1 fully saturated rings. The standard InChI is InChI=1S/C23H18ClN5O2S.BrH/c24-18-5-7-19(8-6-18)28-21(30)11-20-22(31)29(15-17-4-2-10-26-13-17)23(32-20)27-14-16-3-1-9-25-12-16;/h1-13H,14-15H2,(H,28,30);1H/p-1/b20-11+,27-23?;. The molecule has 10 heteroatoms. The minimum absolute atomic E-state index is 0. The Labute approximate surface area is 210 Å². The Hall–Kier alpha value is -3.01. The van der Waals surface area contributed by atoms with E-state index in [1.54, 1.807) is 54.0 Å². The molecule has 2 aromatic heterocycles. The van der Waals surface area contributed by atoms with Crippen molar-refractivity contribution in [2.24, 2.45) is 4.99 Å². The molecule has 3 aromatic rings. The number of halogens is 2. The number of nitrogens with zero attached hydrogens (tertiary/aromatic N) is 4. The van der Waals surface area contributed by atoms with Gasteiger partial charge in [-0.3, -0.25) is 29.4 Å². The fourth-order valence-corrected chi connectivity index (χ4v) is 3.99. The summed E-state index contributed by atoms with van der Waals surface area (Å²) in [5.41, 5.74) is 2.37. The summed E-state index contributed by atoms with van der Waals surface area (Å²) in [4.78, 5) is 40.2. The minimum Gasteiger partial charge on any atom is -1.00 e. The van der Waals surface area contributed by atoms with Crippen molar-refractivity contribution < 1.29 is 26.6 Å². The Kier molecular flexibility index (Phi) is 8.76. The topological polar surface area (TPSA) is 87.6 Å². The molecular weight excluding hydrogens is 526 g/mol. The van der Waals surface area contributed by atoms with Gasteiger partial charge in [0.25, 0.3) is 5.91 Å². The van der Waals surface area contributed by atoms with E-state index in [4.69, 9.17) is 11.6 Å². The lowest BCUT2D eigenvalue weighted by atomic mass is 10.2. The maximum absolute atomic E-state index is 13.1. The second-order valence-corrected chi connectivity index (χ2v) is 8.26. The Bertz CT molecular complexity index is 1170. The van der Waals surface area contributed by atoms with Gasteiger partial charge in [0.2, 0.25) is 5.91 Å². The first-order valence-electron chi connectivity index (χ1n) is 9.69. The lowest BCUT2D eigenvalue weighted by Gasteiger charge is -2.15. The van der Waals surface area contributed by atoms with E-state index in [1.165, 1.54) is 17.8 Å². The number of benzene rings is 1. The summed E-state index contributed by atoms with van der Waals surface area (Å²) >= 11 is 7.05. The van der Waals surface area contributed by atoms with Crippen LogP contribution >= 0.6 is 23.4 Å². The zero-order valence-electron chi connectivity index (χ0n) is 17.2. The molecule has 4 rings (SSSR count). The molecule has 3 heterocycles. The average molecular weight is 544 g/mol. The van der Waals surface area contributed by atoms with Gasteiger partial charge in [-0.1, -0.05) is 23.7 Å². The fourth-order valence-electron chi connectivity index (χ4n) is 2.92. The van der Waals surface area contributed by atoms with Crippen molar-refractivity contribution in [2.45, 2.75) is 13.1 Å². The largest absolute Gasteiger partial charge is 1.00 e. The number of carbonyl (C=O) groups is 2. The maximum atomic E-state index is 13.1. The van der Waals surface area contributed by atoms with Crippen molar-refractivity contribution in [1.82, 2.24) is 14.9 Å². The van der Waals surface area contributed by atoms with Crippen LogP contribution in [0.3, 0.4) is 0 Å². The van der Waals surface area contributed by atoms with Gasteiger partial charge in [0.1, 0.15) is 0 Å². The van der Waals surface area contributed by atoms with Crippen LogP contribution in [-0.4, -0.2) is 31.8 Å². The normalized spacial score (nSPS) is 15.5. The predicted octanol–water partition coefficient (Wildman–Crippen LogP) is 1.29. The van der Waals surface area contributed by atoms with Crippen LogP contribution in [0, 0.1) is 0 Å². The third-order valence-corrected chi connectivity index (χ3v) is 5.74. The molecule has 168 valence electrons. The molecule has 0 atom stereocenters. The highest BCUT2D eigenvalue weighted by Gasteiger charge is 2.34. The Balaban J connectivity index is 0.00000306. The number of aliphatic imine (C=N–C) groups is 1. The van der Waals surface area contributed by atoms with Crippen LogP contribution < -0.4 is 22.3 Å².